The third-order valence-corrected chi connectivity index (χ3v) is 7.80. The number of hydrogen-bond donors (Lipinski definition) is 1. The van der Waals surface area contributed by atoms with Gasteiger partial charge in [0.2, 0.25) is 21.8 Å². The first kappa shape index (κ1) is 31.8. The molecular weight excluding hydrogens is 566 g/mol. The van der Waals surface area contributed by atoms with E-state index in [9.17, 15) is 18.0 Å². The molecule has 0 saturated heterocycles. The molecule has 0 radical (unpaired) electrons. The van der Waals surface area contributed by atoms with Crippen LogP contribution in [0.25, 0.3) is 0 Å². The summed E-state index contributed by atoms with van der Waals surface area (Å²) in [4.78, 5) is 29.1. The Hall–Kier alpha value is -3.76. The number of benzene rings is 3. The molecule has 0 heterocycles. The zero-order valence-corrected chi connectivity index (χ0v) is 25.2. The summed E-state index contributed by atoms with van der Waals surface area (Å²) in [5.41, 5.74) is 1.76. The Kier molecular flexibility index (Phi) is 11.4. The maximum absolute atomic E-state index is 14.1. The van der Waals surface area contributed by atoms with E-state index in [4.69, 9.17) is 21.1 Å². The largest absolute Gasteiger partial charge is 0.497 e. The van der Waals surface area contributed by atoms with Gasteiger partial charge in [-0.2, -0.15) is 0 Å². The first-order valence-corrected chi connectivity index (χ1v) is 15.3. The molecule has 41 heavy (non-hydrogen) atoms. The van der Waals surface area contributed by atoms with Crippen LogP contribution in [0.3, 0.4) is 0 Å². The number of carbonyl (C=O) groups is 2. The predicted molar refractivity (Wildman–Crippen MR) is 161 cm³/mol. The number of sulfonamides is 1. The number of ether oxygens (including phenoxy) is 2. The monoisotopic (exact) mass is 601 g/mol. The Balaban J connectivity index is 2.07. The number of rotatable bonds is 14. The number of anilines is 1. The molecule has 0 fully saturated rings. The first-order valence-electron chi connectivity index (χ1n) is 13.1. The highest BCUT2D eigenvalue weighted by Gasteiger charge is 2.33. The molecule has 0 aromatic heterocycles. The van der Waals surface area contributed by atoms with Gasteiger partial charge in [-0.3, -0.25) is 13.9 Å². The van der Waals surface area contributed by atoms with Crippen molar-refractivity contribution < 1.29 is 27.5 Å². The predicted octanol–water partition coefficient (Wildman–Crippen LogP) is 4.29. The van der Waals surface area contributed by atoms with Crippen molar-refractivity contribution in [3.63, 3.8) is 0 Å². The molecule has 1 unspecified atom stereocenters. The van der Waals surface area contributed by atoms with Crippen LogP contribution in [0.1, 0.15) is 24.5 Å². The quantitative estimate of drug-likeness (QED) is 0.296. The average molecular weight is 602 g/mol. The van der Waals surface area contributed by atoms with E-state index < -0.39 is 28.5 Å². The van der Waals surface area contributed by atoms with Gasteiger partial charge >= 0.3 is 0 Å². The highest BCUT2D eigenvalue weighted by atomic mass is 35.5. The van der Waals surface area contributed by atoms with Gasteiger partial charge < -0.3 is 19.7 Å². The molecular formula is C30H36ClN3O6S. The van der Waals surface area contributed by atoms with Crippen molar-refractivity contribution in [3.05, 3.63) is 88.9 Å². The van der Waals surface area contributed by atoms with E-state index in [2.05, 4.69) is 5.32 Å². The third-order valence-electron chi connectivity index (χ3n) is 6.42. The molecule has 0 aliphatic carbocycles. The van der Waals surface area contributed by atoms with Gasteiger partial charge in [0.05, 0.1) is 26.2 Å². The van der Waals surface area contributed by atoms with Gasteiger partial charge in [0.1, 0.15) is 24.1 Å². The number of nitrogens with zero attached hydrogens (tertiary/aromatic N) is 2. The molecule has 1 atom stereocenters. The van der Waals surface area contributed by atoms with Crippen LogP contribution in [-0.2, 0) is 32.6 Å². The summed E-state index contributed by atoms with van der Waals surface area (Å²) in [6.45, 7) is 1.88. The van der Waals surface area contributed by atoms with Crippen molar-refractivity contribution in [1.29, 1.82) is 0 Å². The SMILES string of the molecule is CCCNC(=O)C(Cc1ccccc1)N(Cc1ccc(Cl)cc1)C(=O)CN(c1ccc(OC)cc1OC)S(C)(=O)=O. The van der Waals surface area contributed by atoms with Gasteiger partial charge in [-0.15, -0.1) is 0 Å². The first-order chi connectivity index (χ1) is 19.6. The molecule has 0 bridgehead atoms. The van der Waals surface area contributed by atoms with Crippen molar-refractivity contribution in [2.45, 2.75) is 32.4 Å². The van der Waals surface area contributed by atoms with Crippen molar-refractivity contribution in [2.75, 3.05) is 37.9 Å². The van der Waals surface area contributed by atoms with Gasteiger partial charge in [-0.1, -0.05) is 61.0 Å². The lowest BCUT2D eigenvalue weighted by molar-refractivity contribution is -0.140. The number of carbonyl (C=O) groups excluding carboxylic acids is 2. The van der Waals surface area contributed by atoms with Crippen LogP contribution < -0.4 is 19.1 Å². The number of methoxy groups -OCH3 is 2. The molecule has 9 nitrogen and oxygen atoms in total. The van der Waals surface area contributed by atoms with Crippen molar-refractivity contribution in [3.8, 4) is 11.5 Å². The normalized spacial score (nSPS) is 11.8. The fourth-order valence-corrected chi connectivity index (χ4v) is 5.27. The van der Waals surface area contributed by atoms with E-state index in [1.807, 2.05) is 37.3 Å². The minimum atomic E-state index is -3.95. The minimum Gasteiger partial charge on any atom is -0.497 e. The summed E-state index contributed by atoms with van der Waals surface area (Å²) in [6, 6.07) is 20.1. The molecule has 2 amide bonds. The van der Waals surface area contributed by atoms with Gasteiger partial charge in [-0.25, -0.2) is 8.42 Å². The molecule has 0 aliphatic heterocycles. The highest BCUT2D eigenvalue weighted by molar-refractivity contribution is 7.92. The van der Waals surface area contributed by atoms with Crippen LogP contribution in [0.4, 0.5) is 5.69 Å². The summed E-state index contributed by atoms with van der Waals surface area (Å²) in [5, 5.41) is 3.44. The lowest BCUT2D eigenvalue weighted by Crippen LogP contribution is -2.53. The fraction of sp³-hybridized carbons (Fsp3) is 0.333. The zero-order valence-electron chi connectivity index (χ0n) is 23.7. The van der Waals surface area contributed by atoms with Crippen LogP contribution in [0.2, 0.25) is 5.02 Å². The molecule has 0 spiro atoms. The molecule has 3 aromatic carbocycles. The van der Waals surface area contributed by atoms with Crippen LogP contribution in [0, 0.1) is 0 Å². The molecule has 1 N–H and O–H groups in total. The van der Waals surface area contributed by atoms with Gasteiger partial charge in [0.25, 0.3) is 0 Å². The van der Waals surface area contributed by atoms with E-state index in [1.165, 1.54) is 25.2 Å². The second-order valence-electron chi connectivity index (χ2n) is 9.45. The maximum Gasteiger partial charge on any atom is 0.244 e. The second kappa shape index (κ2) is 14.7. The Morgan fingerprint density at radius 2 is 1.63 bits per heavy atom. The fourth-order valence-electron chi connectivity index (χ4n) is 4.29. The number of nitrogens with one attached hydrogen (secondary N) is 1. The maximum atomic E-state index is 14.1. The molecule has 3 rings (SSSR count). The van der Waals surface area contributed by atoms with Crippen LogP contribution in [-0.4, -0.2) is 64.7 Å². The summed E-state index contributed by atoms with van der Waals surface area (Å²) in [6.07, 6.45) is 1.97. The lowest BCUT2D eigenvalue weighted by Gasteiger charge is -2.33. The number of amides is 2. The smallest absolute Gasteiger partial charge is 0.244 e. The van der Waals surface area contributed by atoms with Crippen LogP contribution in [0.5, 0.6) is 11.5 Å². The molecule has 11 heteroatoms. The average Bonchev–Trinajstić information content (AvgIpc) is 2.96. The summed E-state index contributed by atoms with van der Waals surface area (Å²) >= 11 is 6.09. The summed E-state index contributed by atoms with van der Waals surface area (Å²) in [5.74, 6) is -0.208. The van der Waals surface area contributed by atoms with Crippen LogP contribution >= 0.6 is 11.6 Å². The van der Waals surface area contributed by atoms with E-state index >= 15 is 0 Å². The minimum absolute atomic E-state index is 0.0599. The molecule has 0 saturated carbocycles. The zero-order chi connectivity index (χ0) is 30.0. The summed E-state index contributed by atoms with van der Waals surface area (Å²) in [7, 11) is -1.06. The Bertz CT molecular complexity index is 1420. The Morgan fingerprint density at radius 3 is 2.22 bits per heavy atom. The number of hydrogen-bond acceptors (Lipinski definition) is 6. The van der Waals surface area contributed by atoms with Crippen molar-refractivity contribution in [2.24, 2.45) is 0 Å². The number of halogens is 1. The van der Waals surface area contributed by atoms with Crippen molar-refractivity contribution >= 4 is 39.1 Å². The van der Waals surface area contributed by atoms with E-state index in [-0.39, 0.29) is 30.3 Å². The van der Waals surface area contributed by atoms with Gasteiger partial charge in [-0.05, 0) is 41.8 Å². The van der Waals surface area contributed by atoms with Gasteiger partial charge in [0, 0.05) is 30.6 Å². The Labute approximate surface area is 247 Å². The summed E-state index contributed by atoms with van der Waals surface area (Å²) < 4.78 is 37.7. The highest BCUT2D eigenvalue weighted by Crippen LogP contribution is 2.34. The lowest BCUT2D eigenvalue weighted by atomic mass is 10.0. The topological polar surface area (TPSA) is 105 Å². The third kappa shape index (κ3) is 8.86. The van der Waals surface area contributed by atoms with E-state index in [1.54, 1.807) is 36.4 Å². The van der Waals surface area contributed by atoms with Crippen LogP contribution in [0.15, 0.2) is 72.8 Å². The second-order valence-corrected chi connectivity index (χ2v) is 11.8. The van der Waals surface area contributed by atoms with Gasteiger partial charge in [0.15, 0.2) is 0 Å². The molecule has 220 valence electrons. The van der Waals surface area contributed by atoms with E-state index in [0.29, 0.717) is 23.7 Å². The van der Waals surface area contributed by atoms with Crippen molar-refractivity contribution in [1.82, 2.24) is 10.2 Å². The Morgan fingerprint density at radius 1 is 0.951 bits per heavy atom. The molecule has 0 aliphatic rings. The standard InChI is InChI=1S/C30H36ClN3O6S/c1-5-17-32-30(36)27(18-22-9-7-6-8-10-22)33(20-23-11-13-24(31)14-12-23)29(35)21-34(41(4,37)38)26-16-15-25(39-2)19-28(26)40-3/h6-16,19,27H,5,17-18,20-21H2,1-4H3,(H,32,36). The van der Waals surface area contributed by atoms with E-state index in [0.717, 1.165) is 21.7 Å². The molecule has 3 aromatic rings.